The molecule has 0 saturated carbocycles. The number of hydrogen-bond acceptors (Lipinski definition) is 6. The molecule has 0 spiro atoms. The zero-order valence-electron chi connectivity index (χ0n) is 15.4. The molecule has 1 N–H and O–H groups in total. The maximum absolute atomic E-state index is 14.7. The Balaban J connectivity index is 1.89. The topological polar surface area (TPSA) is 81.9 Å². The molecular weight excluding hydrogens is 361 g/mol. The summed E-state index contributed by atoms with van der Waals surface area (Å²) in [4.78, 5) is 21.3. The van der Waals surface area contributed by atoms with Crippen LogP contribution in [0.4, 0.5) is 10.3 Å². The molecule has 3 heterocycles. The molecule has 4 rings (SSSR count). The van der Waals surface area contributed by atoms with E-state index in [1.807, 2.05) is 6.07 Å². The first kappa shape index (κ1) is 17.8. The van der Waals surface area contributed by atoms with Gasteiger partial charge in [-0.1, -0.05) is 18.2 Å². The zero-order valence-corrected chi connectivity index (χ0v) is 15.4. The molecule has 1 unspecified atom stereocenters. The molecule has 0 fully saturated rings. The Bertz CT molecular complexity index is 1060. The highest BCUT2D eigenvalue weighted by Gasteiger charge is 2.36. The fourth-order valence-corrected chi connectivity index (χ4v) is 3.23. The lowest BCUT2D eigenvalue weighted by molar-refractivity contribution is -0.139. The molecule has 7 nitrogen and oxygen atoms in total. The number of nitrogens with zero attached hydrogens (tertiary/aromatic N) is 4. The van der Waals surface area contributed by atoms with E-state index in [1.54, 1.807) is 50.5 Å². The third-order valence-corrected chi connectivity index (χ3v) is 4.47. The summed E-state index contributed by atoms with van der Waals surface area (Å²) in [6.07, 6.45) is 3.30. The minimum atomic E-state index is -0.797. The molecule has 28 heavy (non-hydrogen) atoms. The van der Waals surface area contributed by atoms with Gasteiger partial charge in [-0.05, 0) is 32.0 Å². The number of carbonyl (C=O) groups excluding carboxylic acids is 1. The Morgan fingerprint density at radius 2 is 2.11 bits per heavy atom. The van der Waals surface area contributed by atoms with Gasteiger partial charge in [0.15, 0.2) is 5.82 Å². The lowest BCUT2D eigenvalue weighted by Crippen LogP contribution is -2.30. The van der Waals surface area contributed by atoms with Gasteiger partial charge in [0.2, 0.25) is 5.95 Å². The Morgan fingerprint density at radius 3 is 2.82 bits per heavy atom. The van der Waals surface area contributed by atoms with Gasteiger partial charge in [-0.15, -0.1) is 5.10 Å². The number of carbonyl (C=O) groups is 1. The summed E-state index contributed by atoms with van der Waals surface area (Å²) in [6, 6.07) is 9.13. The van der Waals surface area contributed by atoms with Crippen molar-refractivity contribution in [3.63, 3.8) is 0 Å². The SMILES string of the molecule is CCOC(=O)C1=C(C)Nc2nc(-c3cccnc3)nn2C1c1ccccc1F. The van der Waals surface area contributed by atoms with Gasteiger partial charge in [-0.3, -0.25) is 4.98 Å². The summed E-state index contributed by atoms with van der Waals surface area (Å²) >= 11 is 0. The first-order valence-corrected chi connectivity index (χ1v) is 8.86. The van der Waals surface area contributed by atoms with Crippen LogP contribution >= 0.6 is 0 Å². The van der Waals surface area contributed by atoms with E-state index in [0.717, 1.165) is 0 Å². The molecule has 0 aliphatic carbocycles. The molecule has 8 heteroatoms. The van der Waals surface area contributed by atoms with Crippen molar-refractivity contribution in [1.29, 1.82) is 0 Å². The van der Waals surface area contributed by atoms with Crippen LogP contribution in [0.2, 0.25) is 0 Å². The van der Waals surface area contributed by atoms with Crippen LogP contribution in [0, 0.1) is 5.82 Å². The molecule has 0 radical (unpaired) electrons. The number of anilines is 1. The fraction of sp³-hybridized carbons (Fsp3) is 0.200. The summed E-state index contributed by atoms with van der Waals surface area (Å²) in [6.45, 7) is 3.68. The van der Waals surface area contributed by atoms with E-state index >= 15 is 0 Å². The number of halogens is 1. The molecule has 0 bridgehead atoms. The van der Waals surface area contributed by atoms with Crippen LogP contribution in [-0.4, -0.2) is 32.3 Å². The van der Waals surface area contributed by atoms with Crippen LogP contribution < -0.4 is 5.32 Å². The van der Waals surface area contributed by atoms with Crippen LogP contribution in [0.1, 0.15) is 25.5 Å². The zero-order chi connectivity index (χ0) is 19.7. The average molecular weight is 379 g/mol. The molecule has 1 aliphatic heterocycles. The van der Waals surface area contributed by atoms with Crippen LogP contribution in [0.5, 0.6) is 0 Å². The van der Waals surface area contributed by atoms with E-state index in [1.165, 1.54) is 10.7 Å². The molecule has 1 aromatic carbocycles. The summed E-state index contributed by atoms with van der Waals surface area (Å²) in [5.41, 5.74) is 1.87. The van der Waals surface area contributed by atoms with Gasteiger partial charge in [-0.2, -0.15) is 4.98 Å². The van der Waals surface area contributed by atoms with E-state index in [9.17, 15) is 9.18 Å². The van der Waals surface area contributed by atoms with E-state index < -0.39 is 17.8 Å². The van der Waals surface area contributed by atoms with Gasteiger partial charge in [0, 0.05) is 29.2 Å². The van der Waals surface area contributed by atoms with Gasteiger partial charge in [-0.25, -0.2) is 13.9 Å². The smallest absolute Gasteiger partial charge is 0.338 e. The second-order valence-corrected chi connectivity index (χ2v) is 6.25. The van der Waals surface area contributed by atoms with Gasteiger partial charge in [0.25, 0.3) is 0 Å². The molecule has 1 atom stereocenters. The van der Waals surface area contributed by atoms with Crippen molar-refractivity contribution in [1.82, 2.24) is 19.7 Å². The van der Waals surface area contributed by atoms with Crippen molar-refractivity contribution in [3.8, 4) is 11.4 Å². The van der Waals surface area contributed by atoms with Crippen LogP contribution in [0.25, 0.3) is 11.4 Å². The molecule has 0 saturated heterocycles. The summed E-state index contributed by atoms with van der Waals surface area (Å²) < 4.78 is 21.4. The molecule has 1 aliphatic rings. The minimum absolute atomic E-state index is 0.213. The Morgan fingerprint density at radius 1 is 1.29 bits per heavy atom. The van der Waals surface area contributed by atoms with E-state index in [4.69, 9.17) is 4.74 Å². The number of benzene rings is 1. The number of aromatic nitrogens is 4. The largest absolute Gasteiger partial charge is 0.463 e. The normalized spacial score (nSPS) is 15.8. The van der Waals surface area contributed by atoms with Crippen molar-refractivity contribution >= 4 is 11.9 Å². The number of ether oxygens (including phenoxy) is 1. The quantitative estimate of drug-likeness (QED) is 0.700. The number of pyridine rings is 1. The number of fused-ring (bicyclic) bond motifs is 1. The second kappa shape index (κ2) is 7.22. The number of nitrogens with one attached hydrogen (secondary N) is 1. The number of allylic oxidation sites excluding steroid dienone is 1. The van der Waals surface area contributed by atoms with Crippen LogP contribution in [-0.2, 0) is 9.53 Å². The Labute approximate surface area is 160 Å². The standard InChI is InChI=1S/C20H18FN5O2/c1-3-28-19(27)16-12(2)23-20-24-18(13-7-6-10-22-11-13)25-26(20)17(16)14-8-4-5-9-15(14)21/h4-11,17H,3H2,1-2H3,(H,23,24,25). The van der Waals surface area contributed by atoms with Gasteiger partial charge in [0.05, 0.1) is 12.2 Å². The highest BCUT2D eigenvalue weighted by Crippen LogP contribution is 2.37. The van der Waals surface area contributed by atoms with Crippen molar-refractivity contribution in [3.05, 3.63) is 71.4 Å². The molecular formula is C20H18FN5O2. The molecule has 2 aromatic heterocycles. The van der Waals surface area contributed by atoms with Crippen molar-refractivity contribution in [2.75, 3.05) is 11.9 Å². The molecule has 142 valence electrons. The number of rotatable bonds is 4. The highest BCUT2D eigenvalue weighted by atomic mass is 19.1. The third kappa shape index (κ3) is 3.02. The first-order valence-electron chi connectivity index (χ1n) is 8.86. The summed E-state index contributed by atoms with van der Waals surface area (Å²) in [5, 5.41) is 7.63. The van der Waals surface area contributed by atoms with Crippen molar-refractivity contribution in [2.45, 2.75) is 19.9 Å². The lowest BCUT2D eigenvalue weighted by atomic mass is 9.95. The summed E-state index contributed by atoms with van der Waals surface area (Å²) in [5.74, 6) is -0.120. The van der Waals surface area contributed by atoms with Crippen LogP contribution in [0.15, 0.2) is 60.1 Å². The van der Waals surface area contributed by atoms with E-state index in [0.29, 0.717) is 34.2 Å². The predicted molar refractivity (Wildman–Crippen MR) is 101 cm³/mol. The third-order valence-electron chi connectivity index (χ3n) is 4.47. The maximum atomic E-state index is 14.7. The van der Waals surface area contributed by atoms with E-state index in [-0.39, 0.29) is 6.61 Å². The maximum Gasteiger partial charge on any atom is 0.338 e. The Hall–Kier alpha value is -3.55. The van der Waals surface area contributed by atoms with Gasteiger partial charge < -0.3 is 10.1 Å². The fourth-order valence-electron chi connectivity index (χ4n) is 3.23. The van der Waals surface area contributed by atoms with Crippen LogP contribution in [0.3, 0.4) is 0 Å². The molecule has 3 aromatic rings. The first-order chi connectivity index (χ1) is 13.6. The van der Waals surface area contributed by atoms with E-state index in [2.05, 4.69) is 20.4 Å². The highest BCUT2D eigenvalue weighted by molar-refractivity contribution is 5.92. The van der Waals surface area contributed by atoms with Crippen molar-refractivity contribution in [2.24, 2.45) is 0 Å². The number of hydrogen-bond donors (Lipinski definition) is 1. The Kier molecular flexibility index (Phi) is 4.60. The summed E-state index contributed by atoms with van der Waals surface area (Å²) in [7, 11) is 0. The van der Waals surface area contributed by atoms with Crippen molar-refractivity contribution < 1.29 is 13.9 Å². The second-order valence-electron chi connectivity index (χ2n) is 6.25. The average Bonchev–Trinajstić information content (AvgIpc) is 3.12. The number of esters is 1. The molecule has 0 amide bonds. The lowest BCUT2D eigenvalue weighted by Gasteiger charge is -2.28. The van der Waals surface area contributed by atoms with Gasteiger partial charge >= 0.3 is 5.97 Å². The minimum Gasteiger partial charge on any atom is -0.463 e. The predicted octanol–water partition coefficient (Wildman–Crippen LogP) is 3.33. The monoisotopic (exact) mass is 379 g/mol. The van der Waals surface area contributed by atoms with Gasteiger partial charge in [0.1, 0.15) is 11.9 Å².